The molecule has 4 nitrogen and oxygen atoms in total. The maximum Gasteiger partial charge on any atom is 0.0400 e. The normalized spacial score (nSPS) is 19.5. The number of nitrogens with zero attached hydrogens (tertiary/aromatic N) is 4. The first-order valence-corrected chi connectivity index (χ1v) is 32.6. The van der Waals surface area contributed by atoms with Crippen molar-refractivity contribution in [3.05, 3.63) is 263 Å². The van der Waals surface area contributed by atoms with Gasteiger partial charge in [0.05, 0.1) is 0 Å². The van der Waals surface area contributed by atoms with Gasteiger partial charge >= 0.3 is 0 Å². The summed E-state index contributed by atoms with van der Waals surface area (Å²) >= 11 is 0. The van der Waals surface area contributed by atoms with Crippen molar-refractivity contribution in [1.82, 2.24) is 0 Å². The number of anilines is 4. The number of hydrogen-bond acceptors (Lipinski definition) is 4. The summed E-state index contributed by atoms with van der Waals surface area (Å²) < 4.78 is 0. The summed E-state index contributed by atoms with van der Waals surface area (Å²) in [7, 11) is -1.51. The van der Waals surface area contributed by atoms with Gasteiger partial charge in [-0.15, -0.1) is 0 Å². The minimum absolute atomic E-state index is 0.377. The second kappa shape index (κ2) is 22.8. The molecule has 12 bridgehead atoms. The van der Waals surface area contributed by atoms with E-state index in [4.69, 9.17) is 0 Å². The molecule has 8 aromatic carbocycles. The molecule has 0 aliphatic carbocycles. The zero-order chi connectivity index (χ0) is 46.9. The van der Waals surface area contributed by atoms with Crippen LogP contribution in [0.2, 0.25) is 0 Å². The summed E-state index contributed by atoms with van der Waals surface area (Å²) in [6, 6.07) is 83.8. The van der Waals surface area contributed by atoms with Crippen LogP contribution in [0, 0.1) is 0 Å². The zero-order valence-corrected chi connectivity index (χ0v) is 43.8. The lowest BCUT2D eigenvalue weighted by Crippen LogP contribution is -2.35. The fourth-order valence-corrected chi connectivity index (χ4v) is 21.1. The van der Waals surface area contributed by atoms with Crippen molar-refractivity contribution in [1.29, 1.82) is 0 Å². The van der Waals surface area contributed by atoms with Gasteiger partial charge in [0, 0.05) is 73.0 Å². The lowest BCUT2D eigenvalue weighted by Gasteiger charge is -2.41. The number of benzene rings is 8. The van der Waals surface area contributed by atoms with Crippen molar-refractivity contribution in [2.45, 2.75) is 37.5 Å². The monoisotopic (exact) mass is 988 g/mol. The molecule has 0 aromatic heterocycles. The molecule has 0 spiro atoms. The van der Waals surface area contributed by atoms with E-state index in [-0.39, 0.29) is 31.7 Å². The molecule has 8 aromatic rings. The maximum atomic E-state index is 2.78. The van der Waals surface area contributed by atoms with Gasteiger partial charge < -0.3 is 19.6 Å². The van der Waals surface area contributed by atoms with E-state index in [0.29, 0.717) is 0 Å². The van der Waals surface area contributed by atoms with Gasteiger partial charge in [-0.05, 0) is 131 Å². The average Bonchev–Trinajstić information content (AvgIpc) is 3.38. The molecule has 16 heterocycles. The Morgan fingerprint density at radius 2 is 0.414 bits per heavy atom. The smallest absolute Gasteiger partial charge is 0.0400 e. The molecule has 0 saturated carbocycles. The van der Waals surface area contributed by atoms with Crippen molar-refractivity contribution >= 4 is 54.4 Å². The standard InChI is InChI=1S/C62H64N4P4/c1-5-13-55(14-6-1)39-67-43-63-45-68(40-56-15-7-2-8-16-56)46-64(44-67)60-31-23-52(24-32-60)38-54-27-35-62(36-28-54)66-48-69(41-57-17-9-3-10-18-57)47-65(49-70(50-66)42-58-19-11-4-12-20-58)61-33-25-53(26-34-61)37-51-21-29-59(63)30-22-51/h1-36H,37-50H2. The van der Waals surface area contributed by atoms with Crippen LogP contribution in [0.5, 0.6) is 0 Å². The molecular weight excluding hydrogens is 925 g/mol. The largest absolute Gasteiger partial charge is 0.363 e. The van der Waals surface area contributed by atoms with E-state index in [2.05, 4.69) is 238 Å². The van der Waals surface area contributed by atoms with Crippen molar-refractivity contribution in [3.63, 3.8) is 0 Å². The SMILES string of the molecule is c1ccc(CP2CN3CP(Cc4ccccc4)CN(C2)c2ccc(cc2)Cc2ccc(cc2)N2CP(Cc4ccccc4)CN(CP(Cc4ccccc4)C2)c2ccc(cc2)Cc2ccc3cc2)cc1. The molecule has 2 fully saturated rings. The molecule has 0 N–H and O–H groups in total. The highest BCUT2D eigenvalue weighted by molar-refractivity contribution is 7.59. The van der Waals surface area contributed by atoms with Gasteiger partial charge in [0.25, 0.3) is 0 Å². The third-order valence-corrected chi connectivity index (χ3v) is 23.2. The van der Waals surface area contributed by atoms with Crippen LogP contribution in [-0.4, -0.2) is 50.3 Å². The highest BCUT2D eigenvalue weighted by atomic mass is 31.1. The molecule has 0 radical (unpaired) electrons. The molecule has 2 saturated heterocycles. The van der Waals surface area contributed by atoms with Crippen LogP contribution in [-0.2, 0) is 37.5 Å². The molecular formula is C62H64N4P4. The highest BCUT2D eigenvalue weighted by Crippen LogP contribution is 2.53. The summed E-state index contributed by atoms with van der Waals surface area (Å²) in [4.78, 5) is 11.1. The van der Waals surface area contributed by atoms with Gasteiger partial charge in [-0.3, -0.25) is 0 Å². The molecule has 8 heteroatoms. The Morgan fingerprint density at radius 3 is 0.600 bits per heavy atom. The fraction of sp³-hybridized carbons (Fsp3) is 0.226. The Labute approximate surface area is 422 Å². The van der Waals surface area contributed by atoms with Gasteiger partial charge in [0.15, 0.2) is 0 Å². The van der Waals surface area contributed by atoms with Gasteiger partial charge in [0.2, 0.25) is 0 Å². The quantitative estimate of drug-likeness (QED) is 0.141. The third kappa shape index (κ3) is 12.4. The molecule has 70 heavy (non-hydrogen) atoms. The summed E-state index contributed by atoms with van der Waals surface area (Å²) in [6.45, 7) is 0. The summed E-state index contributed by atoms with van der Waals surface area (Å²) in [6.07, 6.45) is 15.1. The van der Waals surface area contributed by atoms with Crippen LogP contribution < -0.4 is 19.6 Å². The molecule has 16 aliphatic rings. The Bertz CT molecular complexity index is 2430. The molecule has 0 unspecified atom stereocenters. The first-order valence-electron chi connectivity index (χ1n) is 25.0. The third-order valence-electron chi connectivity index (χ3n) is 14.0. The fourth-order valence-electron chi connectivity index (χ4n) is 10.5. The minimum atomic E-state index is -0.377. The van der Waals surface area contributed by atoms with Crippen LogP contribution in [0.25, 0.3) is 0 Å². The van der Waals surface area contributed by atoms with Crippen LogP contribution in [0.3, 0.4) is 0 Å². The van der Waals surface area contributed by atoms with E-state index in [1.165, 1.54) is 67.3 Å². The summed E-state index contributed by atoms with van der Waals surface area (Å²) in [5.74, 6) is 0. The van der Waals surface area contributed by atoms with Gasteiger partial charge in [0.1, 0.15) is 0 Å². The van der Waals surface area contributed by atoms with Crippen molar-refractivity contribution < 1.29 is 0 Å². The summed E-state index contributed by atoms with van der Waals surface area (Å²) in [5.41, 5.74) is 16.8. The van der Waals surface area contributed by atoms with Crippen molar-refractivity contribution in [2.24, 2.45) is 0 Å². The minimum Gasteiger partial charge on any atom is -0.363 e. The van der Waals surface area contributed by atoms with E-state index >= 15 is 0 Å². The molecule has 24 rings (SSSR count). The Hall–Kier alpha value is -5.32. The first kappa shape index (κ1) is 47.0. The van der Waals surface area contributed by atoms with E-state index in [1.807, 2.05) is 0 Å². The summed E-state index contributed by atoms with van der Waals surface area (Å²) in [5, 5.41) is 0. The molecule has 0 amide bonds. The van der Waals surface area contributed by atoms with Gasteiger partial charge in [-0.25, -0.2) is 0 Å². The number of hydrogen-bond donors (Lipinski definition) is 0. The second-order valence-electron chi connectivity index (χ2n) is 19.6. The van der Waals surface area contributed by atoms with Crippen LogP contribution in [0.4, 0.5) is 22.7 Å². The van der Waals surface area contributed by atoms with E-state index < -0.39 is 0 Å². The highest BCUT2D eigenvalue weighted by Gasteiger charge is 2.29. The van der Waals surface area contributed by atoms with E-state index in [9.17, 15) is 0 Å². The first-order chi connectivity index (χ1) is 34.6. The number of rotatable bonds is 8. The zero-order valence-electron chi connectivity index (χ0n) is 40.3. The maximum absolute atomic E-state index is 2.78. The Kier molecular flexibility index (Phi) is 15.3. The predicted molar refractivity (Wildman–Crippen MR) is 308 cm³/mol. The van der Waals surface area contributed by atoms with Gasteiger partial charge in [-0.2, -0.15) is 0 Å². The second-order valence-corrected chi connectivity index (χ2v) is 28.5. The topological polar surface area (TPSA) is 13.0 Å². The van der Waals surface area contributed by atoms with E-state index in [1.54, 1.807) is 0 Å². The van der Waals surface area contributed by atoms with Crippen molar-refractivity contribution in [3.8, 4) is 0 Å². The van der Waals surface area contributed by atoms with Crippen LogP contribution in [0.15, 0.2) is 218 Å². The van der Waals surface area contributed by atoms with Crippen molar-refractivity contribution in [2.75, 3.05) is 69.9 Å². The molecule has 352 valence electrons. The molecule has 0 atom stereocenters. The van der Waals surface area contributed by atoms with Crippen LogP contribution >= 0.6 is 31.7 Å². The van der Waals surface area contributed by atoms with Crippen LogP contribution in [0.1, 0.15) is 44.5 Å². The average molecular weight is 989 g/mol. The predicted octanol–water partition coefficient (Wildman–Crippen LogP) is 16.2. The van der Waals surface area contributed by atoms with E-state index in [0.717, 1.165) is 87.8 Å². The Morgan fingerprint density at radius 1 is 0.229 bits per heavy atom. The lowest BCUT2D eigenvalue weighted by atomic mass is 10.0. The molecule has 16 aliphatic heterocycles. The van der Waals surface area contributed by atoms with Gasteiger partial charge in [-0.1, -0.05) is 202 Å². The Balaban J connectivity index is 0.953. The lowest BCUT2D eigenvalue weighted by molar-refractivity contribution is 0.963.